The lowest BCUT2D eigenvalue weighted by molar-refractivity contribution is -0.117. The third kappa shape index (κ3) is 8.19. The number of carbonyl (C=O) groups excluding carboxylic acids is 1. The number of aryl methyl sites for hydroxylation is 3. The van der Waals surface area contributed by atoms with E-state index in [1.165, 1.54) is 107 Å². The number of imidazole rings is 1. The number of aromatic nitrogens is 2. The molecule has 1 amide bonds. The Morgan fingerprint density at radius 1 is 0.769 bits per heavy atom. The van der Waals surface area contributed by atoms with Crippen LogP contribution < -0.4 is 4.90 Å². The van der Waals surface area contributed by atoms with Crippen molar-refractivity contribution in [3.63, 3.8) is 0 Å². The minimum atomic E-state index is 0.137. The molecule has 1 atom stereocenters. The van der Waals surface area contributed by atoms with Gasteiger partial charge in [0, 0.05) is 31.1 Å². The van der Waals surface area contributed by atoms with E-state index in [0.29, 0.717) is 13.0 Å². The first-order valence-corrected chi connectivity index (χ1v) is 15.9. The van der Waals surface area contributed by atoms with Gasteiger partial charge >= 0.3 is 0 Å². The van der Waals surface area contributed by atoms with E-state index in [0.717, 1.165) is 23.6 Å². The minimum Gasteiger partial charge on any atom is -0.328 e. The molecule has 1 aliphatic rings. The van der Waals surface area contributed by atoms with Gasteiger partial charge in [-0.3, -0.25) is 4.79 Å². The fourth-order valence-corrected chi connectivity index (χ4v) is 6.13. The monoisotopic (exact) mass is 529 g/mol. The van der Waals surface area contributed by atoms with E-state index in [1.54, 1.807) is 0 Å². The van der Waals surface area contributed by atoms with Crippen LogP contribution in [0, 0.1) is 13.8 Å². The largest absolute Gasteiger partial charge is 0.328 e. The number of benzene rings is 2. The van der Waals surface area contributed by atoms with Crippen LogP contribution >= 0.6 is 0 Å². The van der Waals surface area contributed by atoms with Crippen LogP contribution in [0.4, 0.5) is 5.69 Å². The van der Waals surface area contributed by atoms with Crippen molar-refractivity contribution >= 4 is 22.6 Å². The molecule has 2 heterocycles. The Morgan fingerprint density at radius 3 is 2.03 bits per heavy atom. The molecule has 2 aromatic carbocycles. The topological polar surface area (TPSA) is 38.1 Å². The van der Waals surface area contributed by atoms with Crippen LogP contribution in [-0.2, 0) is 11.3 Å². The van der Waals surface area contributed by atoms with Crippen molar-refractivity contribution in [2.75, 3.05) is 11.4 Å². The summed E-state index contributed by atoms with van der Waals surface area (Å²) in [6, 6.07) is 14.8. The lowest BCUT2D eigenvalue weighted by Crippen LogP contribution is -2.24. The summed E-state index contributed by atoms with van der Waals surface area (Å²) in [6.07, 6.45) is 19.8. The highest BCUT2D eigenvalue weighted by molar-refractivity contribution is 5.96. The molecule has 0 bridgehead atoms. The Labute approximate surface area is 237 Å². The first-order valence-electron chi connectivity index (χ1n) is 15.9. The Bertz CT molecular complexity index is 1180. The maximum atomic E-state index is 13.1. The van der Waals surface area contributed by atoms with Gasteiger partial charge in [-0.1, -0.05) is 109 Å². The zero-order valence-corrected chi connectivity index (χ0v) is 24.9. The average Bonchev–Trinajstić information content (AvgIpc) is 3.51. The molecule has 0 radical (unpaired) electrons. The van der Waals surface area contributed by atoms with Gasteiger partial charge in [-0.2, -0.15) is 0 Å². The Kier molecular flexibility index (Phi) is 11.5. The van der Waals surface area contributed by atoms with Gasteiger partial charge in [-0.05, 0) is 55.7 Å². The van der Waals surface area contributed by atoms with Gasteiger partial charge in [0.1, 0.15) is 5.82 Å². The third-order valence-corrected chi connectivity index (χ3v) is 8.71. The second kappa shape index (κ2) is 15.2. The number of hydrogen-bond donors (Lipinski definition) is 0. The van der Waals surface area contributed by atoms with E-state index < -0.39 is 0 Å². The average molecular weight is 530 g/mol. The molecule has 0 spiro atoms. The molecule has 0 aliphatic carbocycles. The number of carbonyl (C=O) groups is 1. The van der Waals surface area contributed by atoms with Gasteiger partial charge in [0.15, 0.2) is 0 Å². The van der Waals surface area contributed by atoms with Gasteiger partial charge in [-0.25, -0.2) is 4.98 Å². The van der Waals surface area contributed by atoms with Crippen molar-refractivity contribution < 1.29 is 4.79 Å². The molecule has 0 saturated carbocycles. The van der Waals surface area contributed by atoms with Crippen LogP contribution in [0.15, 0.2) is 42.5 Å². The van der Waals surface area contributed by atoms with Gasteiger partial charge in [0.05, 0.1) is 11.0 Å². The first kappa shape index (κ1) is 29.4. The quantitative estimate of drug-likeness (QED) is 0.163. The van der Waals surface area contributed by atoms with Crippen LogP contribution in [0.5, 0.6) is 0 Å². The fraction of sp³-hybridized carbons (Fsp3) is 0.600. The van der Waals surface area contributed by atoms with E-state index in [9.17, 15) is 4.79 Å². The molecule has 0 N–H and O–H groups in total. The van der Waals surface area contributed by atoms with Gasteiger partial charge in [0.25, 0.3) is 0 Å². The summed E-state index contributed by atoms with van der Waals surface area (Å²) >= 11 is 0. The van der Waals surface area contributed by atoms with Crippen LogP contribution in [0.25, 0.3) is 11.0 Å². The molecule has 4 nitrogen and oxygen atoms in total. The van der Waals surface area contributed by atoms with Crippen molar-refractivity contribution in [3.8, 4) is 0 Å². The van der Waals surface area contributed by atoms with E-state index in [2.05, 4.69) is 67.8 Å². The summed E-state index contributed by atoms with van der Waals surface area (Å²) in [5.74, 6) is 1.43. The van der Waals surface area contributed by atoms with Crippen LogP contribution in [0.2, 0.25) is 0 Å². The number of para-hydroxylation sites is 2. The second-order valence-corrected chi connectivity index (χ2v) is 11.9. The molecular formula is C35H51N3O. The zero-order chi connectivity index (χ0) is 27.5. The van der Waals surface area contributed by atoms with Crippen LogP contribution in [-0.4, -0.2) is 22.0 Å². The van der Waals surface area contributed by atoms with Gasteiger partial charge in [0.2, 0.25) is 5.91 Å². The van der Waals surface area contributed by atoms with E-state index in [-0.39, 0.29) is 11.8 Å². The van der Waals surface area contributed by atoms with Gasteiger partial charge in [-0.15, -0.1) is 0 Å². The molecule has 3 aromatic rings. The van der Waals surface area contributed by atoms with E-state index in [4.69, 9.17) is 4.98 Å². The number of fused-ring (bicyclic) bond motifs is 1. The van der Waals surface area contributed by atoms with E-state index >= 15 is 0 Å². The summed E-state index contributed by atoms with van der Waals surface area (Å²) in [6.45, 7) is 8.23. The number of nitrogens with zero attached hydrogens (tertiary/aromatic N) is 3. The molecule has 39 heavy (non-hydrogen) atoms. The van der Waals surface area contributed by atoms with Crippen molar-refractivity contribution in [1.82, 2.24) is 9.55 Å². The third-order valence-electron chi connectivity index (χ3n) is 8.71. The molecule has 1 fully saturated rings. The summed E-state index contributed by atoms with van der Waals surface area (Å²) in [5.41, 5.74) is 5.76. The zero-order valence-electron chi connectivity index (χ0n) is 24.9. The SMILES string of the molecule is CCCCCCCCCCCCCCCCn1c(C2CC(=O)N(c3ccc(C)c(C)c3)C2)nc2ccccc21. The molecular weight excluding hydrogens is 478 g/mol. The van der Waals surface area contributed by atoms with E-state index in [1.807, 2.05) is 4.90 Å². The highest BCUT2D eigenvalue weighted by Crippen LogP contribution is 2.34. The minimum absolute atomic E-state index is 0.137. The standard InChI is InChI=1S/C35H51N3O/c1-4-5-6-7-8-9-10-11-12-13-14-15-16-19-24-37-33-21-18-17-20-32(33)36-35(37)30-26-34(39)38(27-30)31-23-22-28(2)29(3)25-31/h17-18,20-23,25,30H,4-16,19,24,26-27H2,1-3H3. The normalized spacial score (nSPS) is 15.6. The lowest BCUT2D eigenvalue weighted by Gasteiger charge is -2.18. The molecule has 1 unspecified atom stereocenters. The summed E-state index contributed by atoms with van der Waals surface area (Å²) in [7, 11) is 0. The molecule has 1 aromatic heterocycles. The fourth-order valence-electron chi connectivity index (χ4n) is 6.13. The molecule has 212 valence electrons. The van der Waals surface area contributed by atoms with Crippen molar-refractivity contribution in [3.05, 3.63) is 59.4 Å². The van der Waals surface area contributed by atoms with Crippen molar-refractivity contribution in [1.29, 1.82) is 0 Å². The Balaban J connectivity index is 1.24. The predicted molar refractivity (Wildman–Crippen MR) is 166 cm³/mol. The molecule has 1 aliphatic heterocycles. The Morgan fingerprint density at radius 2 is 1.38 bits per heavy atom. The van der Waals surface area contributed by atoms with Crippen molar-refractivity contribution in [2.45, 2.75) is 130 Å². The van der Waals surface area contributed by atoms with Crippen LogP contribution in [0.1, 0.15) is 126 Å². The predicted octanol–water partition coefficient (Wildman–Crippen LogP) is 9.65. The lowest BCUT2D eigenvalue weighted by atomic mass is 10.0. The second-order valence-electron chi connectivity index (χ2n) is 11.9. The number of hydrogen-bond acceptors (Lipinski definition) is 2. The maximum absolute atomic E-state index is 13.1. The summed E-state index contributed by atoms with van der Waals surface area (Å²) in [5, 5.41) is 0. The summed E-state index contributed by atoms with van der Waals surface area (Å²) < 4.78 is 2.41. The highest BCUT2D eigenvalue weighted by Gasteiger charge is 2.34. The molecule has 4 rings (SSSR count). The number of unbranched alkanes of at least 4 members (excludes halogenated alkanes) is 13. The van der Waals surface area contributed by atoms with Crippen LogP contribution in [0.3, 0.4) is 0 Å². The number of anilines is 1. The van der Waals surface area contributed by atoms with Crippen molar-refractivity contribution in [2.24, 2.45) is 0 Å². The maximum Gasteiger partial charge on any atom is 0.227 e. The highest BCUT2D eigenvalue weighted by atomic mass is 16.2. The summed E-state index contributed by atoms with van der Waals surface area (Å²) in [4.78, 5) is 20.1. The number of rotatable bonds is 17. The van der Waals surface area contributed by atoms with Gasteiger partial charge < -0.3 is 9.47 Å². The number of amides is 1. The smallest absolute Gasteiger partial charge is 0.227 e. The first-order chi connectivity index (χ1) is 19.1. The molecule has 4 heteroatoms. The Hall–Kier alpha value is -2.62. The molecule has 1 saturated heterocycles.